The van der Waals surface area contributed by atoms with Gasteiger partial charge in [0.2, 0.25) is 10.0 Å². The van der Waals surface area contributed by atoms with E-state index in [1.54, 1.807) is 6.92 Å². The van der Waals surface area contributed by atoms with Crippen molar-refractivity contribution in [2.24, 2.45) is 16.2 Å². The molecule has 1 atom stereocenters. The Morgan fingerprint density at radius 1 is 1.46 bits per heavy atom. The third kappa shape index (κ3) is 2.96. The summed E-state index contributed by atoms with van der Waals surface area (Å²) in [5, 5.41) is 21.9. The van der Waals surface area contributed by atoms with Crippen molar-refractivity contribution < 1.29 is 18.1 Å². The van der Waals surface area contributed by atoms with E-state index in [-0.39, 0.29) is 16.0 Å². The highest BCUT2D eigenvalue weighted by Gasteiger charge is 2.35. The van der Waals surface area contributed by atoms with Gasteiger partial charge in [0.25, 0.3) is 5.89 Å². The Bertz CT molecular complexity index is 898. The van der Waals surface area contributed by atoms with Crippen LogP contribution < -0.4 is 5.14 Å². The normalized spacial score (nSPS) is 19.6. The molecule has 130 valence electrons. The van der Waals surface area contributed by atoms with Crippen molar-refractivity contribution in [3.8, 4) is 10.8 Å². The van der Waals surface area contributed by atoms with Gasteiger partial charge in [-0.05, 0) is 31.2 Å². The van der Waals surface area contributed by atoms with E-state index in [4.69, 9.17) is 9.66 Å². The van der Waals surface area contributed by atoms with E-state index in [0.29, 0.717) is 34.8 Å². The Morgan fingerprint density at radius 2 is 2.21 bits per heavy atom. The topological polar surface area (TPSA) is 132 Å². The monoisotopic (exact) mass is 370 g/mol. The van der Waals surface area contributed by atoms with Crippen molar-refractivity contribution in [2.75, 3.05) is 0 Å². The molecular formula is C14H18N4O4S2. The average molecular weight is 370 g/mol. The summed E-state index contributed by atoms with van der Waals surface area (Å²) in [6, 6.07) is 0. The fourth-order valence-electron chi connectivity index (χ4n) is 3.13. The summed E-state index contributed by atoms with van der Waals surface area (Å²) in [6.07, 6.45) is 3.10. The van der Waals surface area contributed by atoms with Crippen LogP contribution in [0.15, 0.2) is 13.9 Å². The summed E-state index contributed by atoms with van der Waals surface area (Å²) in [5.74, 6) is 0.985. The van der Waals surface area contributed by atoms with Gasteiger partial charge in [0.05, 0.1) is 10.6 Å². The van der Waals surface area contributed by atoms with Crippen LogP contribution in [0.3, 0.4) is 0 Å². The lowest BCUT2D eigenvalue weighted by molar-refractivity contribution is 0.314. The second-order valence-corrected chi connectivity index (χ2v) is 8.65. The first-order valence-corrected chi connectivity index (χ1v) is 9.91. The molecule has 0 fully saturated rings. The van der Waals surface area contributed by atoms with Crippen LogP contribution in [0.4, 0.5) is 0 Å². The maximum absolute atomic E-state index is 12.0. The van der Waals surface area contributed by atoms with Gasteiger partial charge in [0, 0.05) is 5.56 Å². The molecule has 3 rings (SSSR count). The lowest BCUT2D eigenvalue weighted by Crippen LogP contribution is -2.23. The van der Waals surface area contributed by atoms with Gasteiger partial charge in [-0.25, -0.2) is 13.6 Å². The first kappa shape index (κ1) is 17.1. The van der Waals surface area contributed by atoms with Crippen molar-refractivity contribution in [3.63, 3.8) is 0 Å². The van der Waals surface area contributed by atoms with Gasteiger partial charge < -0.3 is 9.73 Å². The van der Waals surface area contributed by atoms with Crippen molar-refractivity contribution in [3.05, 3.63) is 17.0 Å². The van der Waals surface area contributed by atoms with Gasteiger partial charge in [-0.15, -0.1) is 11.3 Å². The third-order valence-corrected chi connectivity index (χ3v) is 6.72. The fraction of sp³-hybridized carbons (Fsp3) is 0.500. The van der Waals surface area contributed by atoms with Crippen LogP contribution in [0, 0.1) is 12.8 Å². The number of hydrogen-bond acceptors (Lipinski definition) is 8. The number of fused-ring (bicyclic) bond motifs is 1. The molecule has 0 amide bonds. The number of hydrogen-bond donors (Lipinski definition) is 2. The number of nitrogens with two attached hydrogens (primary N) is 1. The molecule has 0 bridgehead atoms. The molecule has 3 N–H and O–H groups in total. The molecule has 0 saturated carbocycles. The van der Waals surface area contributed by atoms with E-state index < -0.39 is 10.0 Å². The summed E-state index contributed by atoms with van der Waals surface area (Å²) >= 11 is 0.987. The van der Waals surface area contributed by atoms with Gasteiger partial charge >= 0.3 is 0 Å². The average Bonchev–Trinajstić information content (AvgIpc) is 3.09. The van der Waals surface area contributed by atoms with E-state index in [9.17, 15) is 13.6 Å². The molecule has 1 aliphatic carbocycles. The number of rotatable bonds is 4. The molecule has 0 saturated heterocycles. The minimum Gasteiger partial charge on any atom is -0.411 e. The largest absolute Gasteiger partial charge is 0.411 e. The Hall–Kier alpha value is -1.78. The van der Waals surface area contributed by atoms with Crippen LogP contribution in [0.25, 0.3) is 10.8 Å². The number of oxime groups is 1. The molecular weight excluding hydrogens is 352 g/mol. The molecule has 2 aromatic heterocycles. The number of nitrogens with zero attached hydrogens (tertiary/aromatic N) is 3. The Labute approximate surface area is 143 Å². The van der Waals surface area contributed by atoms with E-state index in [1.807, 2.05) is 0 Å². The Morgan fingerprint density at radius 3 is 2.75 bits per heavy atom. The van der Waals surface area contributed by atoms with Crippen molar-refractivity contribution in [1.29, 1.82) is 0 Å². The Balaban J connectivity index is 2.24. The zero-order chi connectivity index (χ0) is 17.5. The summed E-state index contributed by atoms with van der Waals surface area (Å²) in [7, 11) is -3.96. The van der Waals surface area contributed by atoms with Crippen LogP contribution in [0.1, 0.15) is 43.1 Å². The fourth-order valence-corrected chi connectivity index (χ4v) is 5.38. The molecule has 8 nitrogen and oxygen atoms in total. The number of aromatic nitrogens is 2. The second-order valence-electron chi connectivity index (χ2n) is 5.87. The molecule has 1 aliphatic rings. The smallest absolute Gasteiger partial charge is 0.268 e. The highest BCUT2D eigenvalue weighted by molar-refractivity contribution is 7.91. The van der Waals surface area contributed by atoms with E-state index in [0.717, 1.165) is 29.7 Å². The SMILES string of the molecule is CCC[C@@H]1C/C(=N\O)c2c(S(N)(=O)=O)sc(-c3nc(C)no3)c2C1. The minimum atomic E-state index is -3.96. The molecule has 0 aromatic carbocycles. The third-order valence-electron chi connectivity index (χ3n) is 4.04. The van der Waals surface area contributed by atoms with Crippen LogP contribution in [-0.2, 0) is 16.4 Å². The molecule has 10 heteroatoms. The molecule has 0 aliphatic heterocycles. The van der Waals surface area contributed by atoms with Crippen molar-refractivity contribution in [2.45, 2.75) is 43.7 Å². The van der Waals surface area contributed by atoms with Crippen LogP contribution in [0.5, 0.6) is 0 Å². The first-order chi connectivity index (χ1) is 11.3. The predicted molar refractivity (Wildman–Crippen MR) is 88.8 cm³/mol. The van der Waals surface area contributed by atoms with Gasteiger partial charge in [-0.3, -0.25) is 0 Å². The summed E-state index contributed by atoms with van der Waals surface area (Å²) in [5.41, 5.74) is 1.49. The van der Waals surface area contributed by atoms with Gasteiger partial charge in [-0.2, -0.15) is 4.98 Å². The van der Waals surface area contributed by atoms with E-state index in [1.165, 1.54) is 0 Å². The molecule has 0 spiro atoms. The molecule has 24 heavy (non-hydrogen) atoms. The molecule has 2 heterocycles. The second kappa shape index (κ2) is 6.26. The maximum Gasteiger partial charge on any atom is 0.268 e. The van der Waals surface area contributed by atoms with E-state index >= 15 is 0 Å². The van der Waals surface area contributed by atoms with Crippen LogP contribution in [0.2, 0.25) is 0 Å². The number of aryl methyl sites for hydroxylation is 1. The maximum atomic E-state index is 12.0. The van der Waals surface area contributed by atoms with Crippen LogP contribution >= 0.6 is 11.3 Å². The minimum absolute atomic E-state index is 0.0221. The van der Waals surface area contributed by atoms with Crippen LogP contribution in [-0.4, -0.2) is 29.5 Å². The van der Waals surface area contributed by atoms with E-state index in [2.05, 4.69) is 22.2 Å². The number of thiophene rings is 1. The number of primary sulfonamides is 1. The first-order valence-electron chi connectivity index (χ1n) is 7.55. The standard InChI is InChI=1S/C14H18N4O4S2/c1-3-4-8-5-9-11(10(6-8)17-19)14(24(15,20)21)23-12(9)13-16-7(2)18-22-13/h8,19H,3-6H2,1-2H3,(H2,15,20,21)/b17-10+/t8-/m0/s1. The summed E-state index contributed by atoms with van der Waals surface area (Å²) < 4.78 is 29.2. The highest BCUT2D eigenvalue weighted by Crippen LogP contribution is 2.44. The van der Waals surface area contributed by atoms with Crippen molar-refractivity contribution >= 4 is 27.1 Å². The highest BCUT2D eigenvalue weighted by atomic mass is 32.2. The van der Waals surface area contributed by atoms with Gasteiger partial charge in [-0.1, -0.05) is 30.1 Å². The summed E-state index contributed by atoms with van der Waals surface area (Å²) in [4.78, 5) is 4.78. The van der Waals surface area contributed by atoms with Crippen molar-refractivity contribution in [1.82, 2.24) is 10.1 Å². The zero-order valence-electron chi connectivity index (χ0n) is 13.3. The molecule has 2 aromatic rings. The Kier molecular flexibility index (Phi) is 4.45. The molecule has 0 radical (unpaired) electrons. The zero-order valence-corrected chi connectivity index (χ0v) is 14.9. The quantitative estimate of drug-likeness (QED) is 0.627. The molecule has 0 unspecified atom stereocenters. The lowest BCUT2D eigenvalue weighted by atomic mass is 9.81. The predicted octanol–water partition coefficient (Wildman–Crippen LogP) is 2.29. The van der Waals surface area contributed by atoms with Gasteiger partial charge in [0.1, 0.15) is 4.21 Å². The summed E-state index contributed by atoms with van der Waals surface area (Å²) in [6.45, 7) is 3.77. The lowest BCUT2D eigenvalue weighted by Gasteiger charge is -2.23. The number of sulfonamides is 1. The van der Waals surface area contributed by atoms with Gasteiger partial charge in [0.15, 0.2) is 5.82 Å².